The Morgan fingerprint density at radius 3 is 2.68 bits per heavy atom. The molecule has 0 radical (unpaired) electrons. The fraction of sp³-hybridized carbons (Fsp3) is 0.571. The van der Waals surface area contributed by atoms with Crippen molar-refractivity contribution in [3.63, 3.8) is 0 Å². The van der Waals surface area contributed by atoms with Gasteiger partial charge in [-0.05, 0) is 50.2 Å². The quantitative estimate of drug-likeness (QED) is 0.535. The monoisotopic (exact) mass is 394 g/mol. The van der Waals surface area contributed by atoms with E-state index in [1.165, 1.54) is 13.2 Å². The van der Waals surface area contributed by atoms with Crippen molar-refractivity contribution >= 4 is 12.0 Å². The molecule has 3 N–H and O–H groups in total. The number of hydrogen-bond donors (Lipinski definition) is 3. The van der Waals surface area contributed by atoms with Crippen LogP contribution in [0.4, 0.5) is 0 Å². The van der Waals surface area contributed by atoms with Crippen LogP contribution in [0.25, 0.3) is 6.08 Å². The Balaban J connectivity index is 2.38. The van der Waals surface area contributed by atoms with Crippen molar-refractivity contribution in [1.29, 1.82) is 0 Å². The molecule has 1 aromatic carbocycles. The first-order valence-electron chi connectivity index (χ1n) is 9.55. The molecule has 0 bridgehead atoms. The minimum absolute atomic E-state index is 0.00772. The highest BCUT2D eigenvalue weighted by atomic mass is 16.7. The van der Waals surface area contributed by atoms with Crippen molar-refractivity contribution in [2.24, 2.45) is 5.92 Å². The van der Waals surface area contributed by atoms with E-state index in [-0.39, 0.29) is 36.5 Å². The number of ether oxygens (including phenoxy) is 3. The van der Waals surface area contributed by atoms with E-state index in [2.05, 4.69) is 0 Å². The molecule has 28 heavy (non-hydrogen) atoms. The summed E-state index contributed by atoms with van der Waals surface area (Å²) in [5.74, 6) is -0.612. The number of methoxy groups -OCH3 is 1. The summed E-state index contributed by atoms with van der Waals surface area (Å²) in [6.07, 6.45) is 3.46. The van der Waals surface area contributed by atoms with Crippen molar-refractivity contribution in [3.8, 4) is 11.5 Å². The topological polar surface area (TPSA) is 105 Å². The largest absolute Gasteiger partial charge is 0.507 e. The highest BCUT2D eigenvalue weighted by Crippen LogP contribution is 2.31. The van der Waals surface area contributed by atoms with Crippen molar-refractivity contribution < 1.29 is 34.3 Å². The summed E-state index contributed by atoms with van der Waals surface area (Å²) in [4.78, 5) is 12.6. The molecular formula is C21H30O7. The first-order chi connectivity index (χ1) is 13.3. The predicted octanol–water partition coefficient (Wildman–Crippen LogP) is 2.87. The predicted molar refractivity (Wildman–Crippen MR) is 104 cm³/mol. The first-order valence-corrected chi connectivity index (χ1v) is 9.55. The van der Waals surface area contributed by atoms with Crippen LogP contribution in [0.3, 0.4) is 0 Å². The Hall–Kier alpha value is -2.09. The highest BCUT2D eigenvalue weighted by molar-refractivity contribution is 5.97. The van der Waals surface area contributed by atoms with Crippen molar-refractivity contribution in [3.05, 3.63) is 29.3 Å². The van der Waals surface area contributed by atoms with Crippen molar-refractivity contribution in [2.45, 2.75) is 57.8 Å². The molecule has 1 heterocycles. The van der Waals surface area contributed by atoms with Crippen LogP contribution >= 0.6 is 0 Å². The molecule has 1 aliphatic heterocycles. The van der Waals surface area contributed by atoms with Gasteiger partial charge in [-0.1, -0.05) is 19.1 Å². The normalized spacial score (nSPS) is 28.0. The minimum Gasteiger partial charge on any atom is -0.507 e. The molecule has 0 amide bonds. The van der Waals surface area contributed by atoms with Crippen LogP contribution in [0.1, 0.15) is 55.5 Å². The Labute approximate surface area is 165 Å². The number of phenolic OH excluding ortho intramolecular Hbond substituents is 1. The van der Waals surface area contributed by atoms with Gasteiger partial charge in [0.15, 0.2) is 6.79 Å². The van der Waals surface area contributed by atoms with E-state index in [0.29, 0.717) is 24.2 Å². The number of hydrogen-bond acceptors (Lipinski definition) is 7. The number of aliphatic hydroxyl groups excluding tert-OH is 2. The number of rotatable bonds is 3. The van der Waals surface area contributed by atoms with Gasteiger partial charge in [-0.15, -0.1) is 0 Å². The molecule has 0 aromatic heterocycles. The van der Waals surface area contributed by atoms with Gasteiger partial charge in [0.25, 0.3) is 0 Å². The van der Waals surface area contributed by atoms with Gasteiger partial charge in [-0.2, -0.15) is 0 Å². The summed E-state index contributed by atoms with van der Waals surface area (Å²) in [5, 5.41) is 30.9. The number of phenols is 1. The van der Waals surface area contributed by atoms with Crippen LogP contribution in [-0.4, -0.2) is 53.5 Å². The Kier molecular flexibility index (Phi) is 8.29. The van der Waals surface area contributed by atoms with Crippen molar-refractivity contribution in [2.75, 3.05) is 13.9 Å². The number of esters is 1. The Morgan fingerprint density at radius 2 is 1.96 bits per heavy atom. The Morgan fingerprint density at radius 1 is 1.21 bits per heavy atom. The molecule has 0 saturated heterocycles. The van der Waals surface area contributed by atoms with Crippen LogP contribution < -0.4 is 4.74 Å². The summed E-state index contributed by atoms with van der Waals surface area (Å²) in [6.45, 7) is 3.68. The number of carbonyl (C=O) groups is 1. The number of cyclic esters (lactones) is 1. The molecule has 1 aliphatic rings. The molecule has 1 aromatic rings. The molecule has 0 spiro atoms. The van der Waals surface area contributed by atoms with Crippen LogP contribution in [-0.2, 0) is 9.47 Å². The zero-order chi connectivity index (χ0) is 20.7. The van der Waals surface area contributed by atoms with Gasteiger partial charge in [0.2, 0.25) is 0 Å². The fourth-order valence-corrected chi connectivity index (χ4v) is 3.24. The standard InChI is InChI=1S/C21H30O7/c1-13-6-4-7-14(2)28-21(25)19-15(8-5-9-17(22)20(13)24)10-16(11-18(19)23)27-12-26-3/h5,8,10-11,13-14,17,20,22-24H,4,6-7,9,12H2,1-3H3/b8-5+/t13?,14-,17-,20+/m0/s1. The van der Waals surface area contributed by atoms with Crippen LogP contribution in [0, 0.1) is 5.92 Å². The maximum absolute atomic E-state index is 12.6. The average molecular weight is 394 g/mol. The number of fused-ring (bicyclic) bond motifs is 1. The lowest BCUT2D eigenvalue weighted by Crippen LogP contribution is -2.32. The van der Waals surface area contributed by atoms with E-state index in [9.17, 15) is 20.1 Å². The zero-order valence-electron chi connectivity index (χ0n) is 16.6. The van der Waals surface area contributed by atoms with Crippen molar-refractivity contribution in [1.82, 2.24) is 0 Å². The lowest BCUT2D eigenvalue weighted by molar-refractivity contribution is -0.0142. The highest BCUT2D eigenvalue weighted by Gasteiger charge is 2.24. The summed E-state index contributed by atoms with van der Waals surface area (Å²) in [6, 6.07) is 2.93. The van der Waals surface area contributed by atoms with E-state index in [4.69, 9.17) is 14.2 Å². The summed E-state index contributed by atoms with van der Waals surface area (Å²) < 4.78 is 15.7. The summed E-state index contributed by atoms with van der Waals surface area (Å²) in [7, 11) is 1.48. The fourth-order valence-electron chi connectivity index (χ4n) is 3.24. The van der Waals surface area contributed by atoms with E-state index >= 15 is 0 Å². The molecule has 1 unspecified atom stereocenters. The Bertz CT molecular complexity index is 686. The number of carbonyl (C=O) groups excluding carboxylic acids is 1. The second-order valence-electron chi connectivity index (χ2n) is 7.28. The van der Waals surface area contributed by atoms with Crippen LogP contribution in [0.5, 0.6) is 11.5 Å². The molecule has 7 nitrogen and oxygen atoms in total. The molecule has 0 fully saturated rings. The van der Waals surface area contributed by atoms with Gasteiger partial charge >= 0.3 is 5.97 Å². The third-order valence-electron chi connectivity index (χ3n) is 4.90. The zero-order valence-corrected chi connectivity index (χ0v) is 16.6. The lowest BCUT2D eigenvalue weighted by atomic mass is 9.92. The molecule has 2 rings (SSSR count). The molecular weight excluding hydrogens is 364 g/mol. The van der Waals surface area contributed by atoms with Gasteiger partial charge in [-0.25, -0.2) is 4.79 Å². The molecule has 0 aliphatic carbocycles. The number of aliphatic hydroxyl groups is 2. The SMILES string of the molecule is COCOc1cc(O)c2c(c1)/C=C/C[C@H](O)[C@H](O)C(C)CCC[C@H](C)OC2=O. The third-order valence-corrected chi connectivity index (χ3v) is 4.90. The number of benzene rings is 1. The average Bonchev–Trinajstić information content (AvgIpc) is 2.64. The van der Waals surface area contributed by atoms with E-state index in [1.807, 2.05) is 6.92 Å². The maximum Gasteiger partial charge on any atom is 0.342 e. The smallest absolute Gasteiger partial charge is 0.342 e. The second kappa shape index (κ2) is 10.5. The molecule has 0 saturated carbocycles. The van der Waals surface area contributed by atoms with Gasteiger partial charge in [0, 0.05) is 13.2 Å². The maximum atomic E-state index is 12.6. The lowest BCUT2D eigenvalue weighted by Gasteiger charge is -2.24. The third kappa shape index (κ3) is 5.95. The summed E-state index contributed by atoms with van der Waals surface area (Å²) >= 11 is 0. The van der Waals surface area contributed by atoms with Gasteiger partial charge in [0.1, 0.15) is 17.1 Å². The van der Waals surface area contributed by atoms with E-state index < -0.39 is 18.2 Å². The van der Waals surface area contributed by atoms with E-state index in [1.54, 1.807) is 25.1 Å². The minimum atomic E-state index is -0.913. The van der Waals surface area contributed by atoms with Gasteiger partial charge in [0.05, 0.1) is 18.3 Å². The molecule has 156 valence electrons. The van der Waals surface area contributed by atoms with Gasteiger partial charge < -0.3 is 29.5 Å². The molecule has 4 atom stereocenters. The van der Waals surface area contributed by atoms with Crippen LogP contribution in [0.2, 0.25) is 0 Å². The van der Waals surface area contributed by atoms with E-state index in [0.717, 1.165) is 6.42 Å². The summed E-state index contributed by atoms with van der Waals surface area (Å²) in [5.41, 5.74) is 0.434. The molecule has 7 heteroatoms. The number of aromatic hydroxyl groups is 1. The first kappa shape index (κ1) is 22.2. The second-order valence-corrected chi connectivity index (χ2v) is 7.28. The van der Waals surface area contributed by atoms with Crippen LogP contribution in [0.15, 0.2) is 18.2 Å². The van der Waals surface area contributed by atoms with Gasteiger partial charge in [-0.3, -0.25) is 0 Å².